The molecule has 0 spiro atoms. The van der Waals surface area contributed by atoms with Gasteiger partial charge in [-0.2, -0.15) is 5.10 Å². The zero-order chi connectivity index (χ0) is 16.2. The van der Waals surface area contributed by atoms with Crippen LogP contribution in [-0.2, 0) is 6.54 Å². The molecule has 0 aromatic carbocycles. The Kier molecular flexibility index (Phi) is 4.59. The van der Waals surface area contributed by atoms with E-state index in [1.807, 2.05) is 22.2 Å². The van der Waals surface area contributed by atoms with Gasteiger partial charge in [0.05, 0.1) is 11.7 Å². The molecule has 0 radical (unpaired) electrons. The molecule has 1 aliphatic carbocycles. The molecule has 0 saturated heterocycles. The molecule has 1 aliphatic rings. The van der Waals surface area contributed by atoms with Crippen molar-refractivity contribution in [3.63, 3.8) is 0 Å². The number of anilines is 1. The van der Waals surface area contributed by atoms with Crippen molar-refractivity contribution in [1.29, 1.82) is 0 Å². The van der Waals surface area contributed by atoms with Crippen molar-refractivity contribution < 1.29 is 4.79 Å². The van der Waals surface area contributed by atoms with Gasteiger partial charge in [0, 0.05) is 19.2 Å². The summed E-state index contributed by atoms with van der Waals surface area (Å²) in [4.78, 5) is 12.0. The van der Waals surface area contributed by atoms with Crippen LogP contribution in [-0.4, -0.2) is 37.1 Å². The van der Waals surface area contributed by atoms with Crippen molar-refractivity contribution in [2.75, 3.05) is 11.9 Å². The number of nitrogens with zero attached hydrogens (tertiary/aromatic N) is 5. The summed E-state index contributed by atoms with van der Waals surface area (Å²) in [7, 11) is 0. The number of nitrogens with one attached hydrogen (secondary N) is 2. The van der Waals surface area contributed by atoms with Crippen LogP contribution in [0.1, 0.15) is 37.9 Å². The minimum atomic E-state index is -0.196. The summed E-state index contributed by atoms with van der Waals surface area (Å²) in [6.45, 7) is 5.48. The fourth-order valence-electron chi connectivity index (χ4n) is 2.66. The molecule has 124 valence electrons. The largest absolute Gasteiger partial charge is 0.338 e. The summed E-state index contributed by atoms with van der Waals surface area (Å²) in [5, 5.41) is 17.8. The van der Waals surface area contributed by atoms with E-state index in [0.29, 0.717) is 18.5 Å². The molecule has 1 unspecified atom stereocenters. The summed E-state index contributed by atoms with van der Waals surface area (Å²) < 4.78 is 3.82. The highest BCUT2D eigenvalue weighted by atomic mass is 16.2. The van der Waals surface area contributed by atoms with Crippen LogP contribution in [0.2, 0.25) is 0 Å². The first kappa shape index (κ1) is 15.5. The fourth-order valence-corrected chi connectivity index (χ4v) is 2.66. The van der Waals surface area contributed by atoms with Crippen LogP contribution in [0.3, 0.4) is 0 Å². The standard InChI is InChI=1S/C15H23N7O/c1-11-8-14(22(20-11)12(2)13-4-5-13)19-15(23)16-6-3-7-21-9-17-18-10-21/h8-10,12-13H,3-7H2,1-2H3,(H2,16,19,23). The van der Waals surface area contributed by atoms with Gasteiger partial charge in [-0.3, -0.25) is 5.32 Å². The Labute approximate surface area is 135 Å². The van der Waals surface area contributed by atoms with Crippen molar-refractivity contribution in [1.82, 2.24) is 29.9 Å². The fraction of sp³-hybridized carbons (Fsp3) is 0.600. The van der Waals surface area contributed by atoms with Gasteiger partial charge in [-0.1, -0.05) is 0 Å². The molecular formula is C15H23N7O. The predicted octanol–water partition coefficient (Wildman–Crippen LogP) is 1.97. The molecule has 23 heavy (non-hydrogen) atoms. The molecule has 1 saturated carbocycles. The van der Waals surface area contributed by atoms with Crippen LogP contribution in [0.4, 0.5) is 10.6 Å². The molecule has 2 heterocycles. The average Bonchev–Trinajstić information content (AvgIpc) is 3.12. The van der Waals surface area contributed by atoms with Crippen molar-refractivity contribution in [3.05, 3.63) is 24.4 Å². The average molecular weight is 317 g/mol. The maximum atomic E-state index is 12.0. The van der Waals surface area contributed by atoms with Gasteiger partial charge in [-0.25, -0.2) is 9.48 Å². The highest BCUT2D eigenvalue weighted by Gasteiger charge is 2.31. The number of rotatable bonds is 7. The van der Waals surface area contributed by atoms with Crippen molar-refractivity contribution in [3.8, 4) is 0 Å². The number of amides is 2. The van der Waals surface area contributed by atoms with E-state index in [4.69, 9.17) is 0 Å². The lowest BCUT2D eigenvalue weighted by Gasteiger charge is -2.15. The topological polar surface area (TPSA) is 89.7 Å². The molecule has 8 heteroatoms. The lowest BCUT2D eigenvalue weighted by Crippen LogP contribution is -2.31. The Morgan fingerprint density at radius 2 is 2.13 bits per heavy atom. The molecule has 1 atom stereocenters. The number of aromatic nitrogens is 5. The van der Waals surface area contributed by atoms with Gasteiger partial charge in [-0.15, -0.1) is 10.2 Å². The first-order valence-electron chi connectivity index (χ1n) is 8.07. The van der Waals surface area contributed by atoms with Gasteiger partial charge in [-0.05, 0) is 39.0 Å². The number of carbonyl (C=O) groups excluding carboxylic acids is 1. The van der Waals surface area contributed by atoms with Crippen LogP contribution in [0, 0.1) is 12.8 Å². The van der Waals surface area contributed by atoms with Crippen LogP contribution in [0.15, 0.2) is 18.7 Å². The van der Waals surface area contributed by atoms with E-state index in [2.05, 4.69) is 32.9 Å². The number of hydrogen-bond donors (Lipinski definition) is 2. The molecule has 0 bridgehead atoms. The van der Waals surface area contributed by atoms with Gasteiger partial charge >= 0.3 is 6.03 Å². The van der Waals surface area contributed by atoms with E-state index in [9.17, 15) is 4.79 Å². The number of aryl methyl sites for hydroxylation is 2. The maximum Gasteiger partial charge on any atom is 0.320 e. The molecule has 2 amide bonds. The number of hydrogen-bond acceptors (Lipinski definition) is 4. The van der Waals surface area contributed by atoms with Crippen LogP contribution >= 0.6 is 0 Å². The molecular weight excluding hydrogens is 294 g/mol. The Hall–Kier alpha value is -2.38. The summed E-state index contributed by atoms with van der Waals surface area (Å²) in [6.07, 6.45) is 6.65. The van der Waals surface area contributed by atoms with Gasteiger partial charge in [0.1, 0.15) is 18.5 Å². The van der Waals surface area contributed by atoms with Gasteiger partial charge in [0.2, 0.25) is 0 Å². The van der Waals surface area contributed by atoms with Crippen molar-refractivity contribution >= 4 is 11.8 Å². The lowest BCUT2D eigenvalue weighted by molar-refractivity contribution is 0.251. The zero-order valence-corrected chi connectivity index (χ0v) is 13.6. The van der Waals surface area contributed by atoms with Crippen LogP contribution in [0.5, 0.6) is 0 Å². The second kappa shape index (κ2) is 6.80. The van der Waals surface area contributed by atoms with Crippen molar-refractivity contribution in [2.24, 2.45) is 5.92 Å². The van der Waals surface area contributed by atoms with Gasteiger partial charge < -0.3 is 9.88 Å². The summed E-state index contributed by atoms with van der Waals surface area (Å²) >= 11 is 0. The first-order chi connectivity index (χ1) is 11.1. The molecule has 2 aromatic rings. The second-order valence-corrected chi connectivity index (χ2v) is 6.13. The minimum absolute atomic E-state index is 0.196. The van der Waals surface area contributed by atoms with E-state index in [-0.39, 0.29) is 6.03 Å². The normalized spacial score (nSPS) is 15.4. The third-order valence-electron chi connectivity index (χ3n) is 4.13. The number of carbonyl (C=O) groups is 1. The third kappa shape index (κ3) is 4.08. The smallest absolute Gasteiger partial charge is 0.320 e. The molecule has 8 nitrogen and oxygen atoms in total. The van der Waals surface area contributed by atoms with Crippen molar-refractivity contribution in [2.45, 2.75) is 45.7 Å². The van der Waals surface area contributed by atoms with E-state index in [1.165, 1.54) is 12.8 Å². The Bertz CT molecular complexity index is 645. The van der Waals surface area contributed by atoms with Crippen LogP contribution in [0.25, 0.3) is 0 Å². The molecule has 3 rings (SSSR count). The molecule has 1 fully saturated rings. The second-order valence-electron chi connectivity index (χ2n) is 6.13. The molecule has 2 aromatic heterocycles. The summed E-state index contributed by atoms with van der Waals surface area (Å²) in [6, 6.07) is 2.04. The Balaban J connectivity index is 1.47. The van der Waals surface area contributed by atoms with Gasteiger partial charge in [0.25, 0.3) is 0 Å². The zero-order valence-electron chi connectivity index (χ0n) is 13.6. The highest BCUT2D eigenvalue weighted by molar-refractivity contribution is 5.88. The summed E-state index contributed by atoms with van der Waals surface area (Å²) in [5.74, 6) is 1.44. The third-order valence-corrected chi connectivity index (χ3v) is 4.13. The molecule has 2 N–H and O–H groups in total. The Morgan fingerprint density at radius 3 is 2.83 bits per heavy atom. The maximum absolute atomic E-state index is 12.0. The number of urea groups is 1. The van der Waals surface area contributed by atoms with E-state index >= 15 is 0 Å². The minimum Gasteiger partial charge on any atom is -0.338 e. The van der Waals surface area contributed by atoms with E-state index in [0.717, 1.165) is 24.5 Å². The SMILES string of the molecule is Cc1cc(NC(=O)NCCCn2cnnc2)n(C(C)C2CC2)n1. The quantitative estimate of drug-likeness (QED) is 0.764. The first-order valence-corrected chi connectivity index (χ1v) is 8.07. The van der Waals surface area contributed by atoms with Crippen LogP contribution < -0.4 is 10.6 Å². The molecule has 0 aliphatic heterocycles. The summed E-state index contributed by atoms with van der Waals surface area (Å²) in [5.41, 5.74) is 0.917. The predicted molar refractivity (Wildman–Crippen MR) is 86.1 cm³/mol. The Morgan fingerprint density at radius 1 is 1.39 bits per heavy atom. The monoisotopic (exact) mass is 317 g/mol. The van der Waals surface area contributed by atoms with E-state index < -0.39 is 0 Å². The highest BCUT2D eigenvalue weighted by Crippen LogP contribution is 2.40. The lowest BCUT2D eigenvalue weighted by atomic mass is 10.2. The van der Waals surface area contributed by atoms with E-state index in [1.54, 1.807) is 12.7 Å². The van der Waals surface area contributed by atoms with Gasteiger partial charge in [0.15, 0.2) is 0 Å².